The monoisotopic (exact) mass is 595 g/mol. The second-order valence-electron chi connectivity index (χ2n) is 11.7. The molecule has 1 rings (SSSR count). The molecule has 37 heavy (non-hydrogen) atoms. The van der Waals surface area contributed by atoms with Crippen LogP contribution in [0.15, 0.2) is 18.2 Å². The normalized spacial score (nSPS) is 14.8. The maximum atomic E-state index is 14.1. The van der Waals surface area contributed by atoms with Crippen LogP contribution in [0.5, 0.6) is 11.5 Å². The summed E-state index contributed by atoms with van der Waals surface area (Å²) in [4.78, 5) is 12.3. The Morgan fingerprint density at radius 2 is 1.27 bits per heavy atom. The maximum Gasteiger partial charge on any atom is 0.460 e. The van der Waals surface area contributed by atoms with E-state index in [1.807, 2.05) is 39.3 Å². The summed E-state index contributed by atoms with van der Waals surface area (Å²) >= 11 is 0. The topological polar surface area (TPSA) is 48.0 Å². The summed E-state index contributed by atoms with van der Waals surface area (Å²) in [6, 6.07) is 4.75. The first-order chi connectivity index (χ1) is 16.2. The first kappa shape index (κ1) is 33.4. The molecular formula is C22H36F7NO4Si3. The fourth-order valence-corrected chi connectivity index (χ4v) is 5.78. The molecule has 0 fully saturated rings. The Morgan fingerprint density at radius 3 is 1.68 bits per heavy atom. The number of carbonyl (C=O) groups excluding carboxylic acids is 1. The third kappa shape index (κ3) is 9.28. The highest BCUT2D eigenvalue weighted by Crippen LogP contribution is 2.47. The van der Waals surface area contributed by atoms with Crippen molar-refractivity contribution in [2.75, 3.05) is 13.6 Å². The quantitative estimate of drug-likeness (QED) is 0.199. The number of hydrogen-bond donors (Lipinski definition) is 0. The smallest absolute Gasteiger partial charge is 0.460 e. The van der Waals surface area contributed by atoms with E-state index in [1.54, 1.807) is 37.8 Å². The van der Waals surface area contributed by atoms with E-state index in [0.717, 1.165) is 7.05 Å². The fraction of sp³-hybridized carbons (Fsp3) is 0.682. The zero-order chi connectivity index (χ0) is 29.4. The molecule has 1 aromatic carbocycles. The van der Waals surface area contributed by atoms with Gasteiger partial charge in [0.05, 0.1) is 6.10 Å². The van der Waals surface area contributed by atoms with Crippen molar-refractivity contribution in [3.8, 4) is 11.5 Å². The Bertz CT molecular complexity index is 956. The van der Waals surface area contributed by atoms with Gasteiger partial charge in [0, 0.05) is 13.6 Å². The average Bonchev–Trinajstić information content (AvgIpc) is 2.63. The molecule has 0 aliphatic heterocycles. The van der Waals surface area contributed by atoms with Crippen molar-refractivity contribution < 1.29 is 48.8 Å². The lowest BCUT2D eigenvalue weighted by atomic mass is 10.1. The lowest BCUT2D eigenvalue weighted by molar-refractivity contribution is -0.345. The number of benzene rings is 1. The molecule has 1 unspecified atom stereocenters. The van der Waals surface area contributed by atoms with Crippen molar-refractivity contribution in [1.82, 2.24) is 4.90 Å². The van der Waals surface area contributed by atoms with Gasteiger partial charge in [-0.05, 0) is 76.6 Å². The number of hydrogen-bond acceptors (Lipinski definition) is 4. The van der Waals surface area contributed by atoms with Crippen LogP contribution >= 0.6 is 0 Å². The molecule has 0 spiro atoms. The number of rotatable bonds is 11. The molecule has 0 aliphatic rings. The van der Waals surface area contributed by atoms with Crippen molar-refractivity contribution in [3.05, 3.63) is 23.8 Å². The van der Waals surface area contributed by atoms with Gasteiger partial charge in [-0.25, -0.2) is 0 Å². The summed E-state index contributed by atoms with van der Waals surface area (Å²) < 4.78 is 111. The highest BCUT2D eigenvalue weighted by Gasteiger charge is 2.76. The largest absolute Gasteiger partial charge is 0.542 e. The SMILES string of the molecule is CN(CC(O[Si](C)(C)C)c1ccc(O[Si](C)(C)C)c(O[Si](C)(C)C)c1)C(=O)C(F)(F)C(F)(F)C(F)(F)F. The maximum absolute atomic E-state index is 14.1. The van der Waals surface area contributed by atoms with E-state index in [2.05, 4.69) is 0 Å². The molecule has 1 aromatic rings. The standard InChI is InChI=1S/C22H36F7NO4Si3/c1-30(19(31)20(23,24)21(25,26)22(27,28)29)14-18(34-37(8,9)10)15-11-12-16(32-35(2,3)4)17(13-15)33-36(5,6)7/h11-13,18H,14H2,1-10H3. The molecule has 0 bridgehead atoms. The zero-order valence-corrected chi connectivity index (χ0v) is 25.7. The second kappa shape index (κ2) is 10.9. The van der Waals surface area contributed by atoms with Gasteiger partial charge in [0.25, 0.3) is 5.91 Å². The van der Waals surface area contributed by atoms with E-state index in [9.17, 15) is 35.5 Å². The Labute approximate surface area is 216 Å². The minimum Gasteiger partial charge on any atom is -0.542 e. The van der Waals surface area contributed by atoms with Gasteiger partial charge in [-0.15, -0.1) is 0 Å². The zero-order valence-electron chi connectivity index (χ0n) is 22.7. The van der Waals surface area contributed by atoms with E-state index in [1.165, 1.54) is 0 Å². The van der Waals surface area contributed by atoms with Crippen molar-refractivity contribution in [3.63, 3.8) is 0 Å². The number of nitrogens with zero attached hydrogens (tertiary/aromatic N) is 1. The molecule has 0 saturated heterocycles. The highest BCUT2D eigenvalue weighted by atomic mass is 28.4. The van der Waals surface area contributed by atoms with E-state index in [0.29, 0.717) is 17.1 Å². The molecule has 1 atom stereocenters. The van der Waals surface area contributed by atoms with Gasteiger partial charge in [0.1, 0.15) is 11.5 Å². The summed E-state index contributed by atoms with van der Waals surface area (Å²) in [7, 11) is -5.96. The van der Waals surface area contributed by atoms with Crippen LogP contribution in [0.25, 0.3) is 0 Å². The van der Waals surface area contributed by atoms with Crippen LogP contribution in [0.2, 0.25) is 58.9 Å². The van der Waals surface area contributed by atoms with Gasteiger partial charge in [-0.1, -0.05) is 6.07 Å². The summed E-state index contributed by atoms with van der Waals surface area (Å²) in [6.07, 6.45) is -7.72. The second-order valence-corrected chi connectivity index (χ2v) is 25.0. The van der Waals surface area contributed by atoms with E-state index in [-0.39, 0.29) is 4.90 Å². The number of amides is 1. The van der Waals surface area contributed by atoms with Crippen LogP contribution in [-0.4, -0.2) is 67.4 Å². The minimum absolute atomic E-state index is 0.135. The lowest BCUT2D eigenvalue weighted by Gasteiger charge is -2.34. The molecule has 0 N–H and O–H groups in total. The van der Waals surface area contributed by atoms with Gasteiger partial charge in [-0.3, -0.25) is 4.79 Å². The summed E-state index contributed by atoms with van der Waals surface area (Å²) in [5.41, 5.74) is 0.365. The van der Waals surface area contributed by atoms with Crippen LogP contribution in [0, 0.1) is 0 Å². The molecule has 1 amide bonds. The molecule has 0 radical (unpaired) electrons. The molecule has 5 nitrogen and oxygen atoms in total. The van der Waals surface area contributed by atoms with Gasteiger partial charge < -0.3 is 18.2 Å². The molecule has 214 valence electrons. The molecule has 15 heteroatoms. The fourth-order valence-electron chi connectivity index (χ4n) is 3.07. The Balaban J connectivity index is 3.49. The van der Waals surface area contributed by atoms with Crippen molar-refractivity contribution >= 4 is 30.9 Å². The Morgan fingerprint density at radius 1 is 0.811 bits per heavy atom. The van der Waals surface area contributed by atoms with Crippen molar-refractivity contribution in [2.24, 2.45) is 0 Å². The summed E-state index contributed by atoms with van der Waals surface area (Å²) in [5, 5.41) is 0. The summed E-state index contributed by atoms with van der Waals surface area (Å²) in [5.74, 6) is -14.4. The number of carbonyl (C=O) groups is 1. The van der Waals surface area contributed by atoms with Crippen LogP contribution < -0.4 is 8.85 Å². The minimum atomic E-state index is -6.61. The Hall–Kier alpha value is -1.59. The first-order valence-electron chi connectivity index (χ1n) is 11.5. The van der Waals surface area contributed by atoms with Crippen LogP contribution in [0.1, 0.15) is 11.7 Å². The number of alkyl halides is 7. The van der Waals surface area contributed by atoms with Crippen molar-refractivity contribution in [1.29, 1.82) is 0 Å². The first-order valence-corrected chi connectivity index (χ1v) is 21.7. The van der Waals surface area contributed by atoms with E-state index >= 15 is 0 Å². The third-order valence-electron chi connectivity index (χ3n) is 4.47. The van der Waals surface area contributed by atoms with Gasteiger partial charge in [0.15, 0.2) is 8.32 Å². The Kier molecular flexibility index (Phi) is 9.84. The van der Waals surface area contributed by atoms with Gasteiger partial charge >= 0.3 is 18.0 Å². The van der Waals surface area contributed by atoms with Crippen LogP contribution in [0.3, 0.4) is 0 Å². The molecule has 0 heterocycles. The molecule has 0 aromatic heterocycles. The summed E-state index contributed by atoms with van der Waals surface area (Å²) in [6.45, 7) is 16.3. The number of likely N-dealkylation sites (N-methyl/N-ethyl adjacent to an activating group) is 1. The van der Waals surface area contributed by atoms with E-state index < -0.39 is 61.5 Å². The third-order valence-corrected chi connectivity index (χ3v) is 7.13. The molecule has 0 aliphatic carbocycles. The predicted octanol–water partition coefficient (Wildman–Crippen LogP) is 7.30. The van der Waals surface area contributed by atoms with Gasteiger partial charge in [-0.2, -0.15) is 30.7 Å². The van der Waals surface area contributed by atoms with Crippen LogP contribution in [-0.2, 0) is 9.22 Å². The highest BCUT2D eigenvalue weighted by molar-refractivity contribution is 6.71. The van der Waals surface area contributed by atoms with Gasteiger partial charge in [0.2, 0.25) is 16.6 Å². The lowest BCUT2D eigenvalue weighted by Crippen LogP contribution is -2.60. The van der Waals surface area contributed by atoms with E-state index in [4.69, 9.17) is 13.3 Å². The molecule has 0 saturated carbocycles. The predicted molar refractivity (Wildman–Crippen MR) is 135 cm³/mol. The number of halogens is 7. The van der Waals surface area contributed by atoms with Crippen molar-refractivity contribution in [2.45, 2.75) is 83.0 Å². The average molecular weight is 596 g/mol. The van der Waals surface area contributed by atoms with Crippen LogP contribution in [0.4, 0.5) is 30.7 Å². The molecular weight excluding hydrogens is 559 g/mol.